The maximum atomic E-state index is 8.91. The van der Waals surface area contributed by atoms with Crippen LogP contribution >= 0.6 is 15.9 Å². The highest BCUT2D eigenvalue weighted by atomic mass is 79.9. The molecule has 3 nitrogen and oxygen atoms in total. The Balaban J connectivity index is 3.30. The largest absolute Gasteiger partial charge is 0.490 e. The second kappa shape index (κ2) is 3.34. The van der Waals surface area contributed by atoms with Gasteiger partial charge >= 0.3 is 7.12 Å². The van der Waals surface area contributed by atoms with Crippen molar-refractivity contribution < 1.29 is 14.2 Å². The Hall–Kier alpha value is -0.385. The maximum absolute atomic E-state index is 8.91. The molecule has 0 saturated carbocycles. The zero-order valence-electron chi connectivity index (χ0n) is 8.45. The number of rotatable bonds is 1. The van der Waals surface area contributed by atoms with E-state index in [1.165, 1.54) is 6.07 Å². The number of hydrogen-bond acceptors (Lipinski definition) is 3. The van der Waals surface area contributed by atoms with Crippen LogP contribution in [0.5, 0.6) is 0 Å². The minimum absolute atomic E-state index is 0.104. The molecule has 0 spiro atoms. The molecule has 0 aromatic carbocycles. The second-order valence-electron chi connectivity index (χ2n) is 1.97. The van der Waals surface area contributed by atoms with Gasteiger partial charge in [0, 0.05) is 15.8 Å². The first-order valence-corrected chi connectivity index (χ1v) is 3.63. The van der Waals surface area contributed by atoms with E-state index >= 15 is 0 Å². The topological polar surface area (TPSA) is 53.4 Å². The van der Waals surface area contributed by atoms with E-state index in [2.05, 4.69) is 20.9 Å². The summed E-state index contributed by atoms with van der Waals surface area (Å²) in [5.74, 6) is 0. The van der Waals surface area contributed by atoms with Gasteiger partial charge in [-0.25, -0.2) is 4.98 Å². The molecule has 0 amide bonds. The van der Waals surface area contributed by atoms with Crippen LogP contribution in [0.4, 0.5) is 0 Å². The van der Waals surface area contributed by atoms with Gasteiger partial charge in [0.1, 0.15) is 4.60 Å². The molecule has 1 rings (SSSR count). The van der Waals surface area contributed by atoms with Gasteiger partial charge in [-0.1, -0.05) is 0 Å². The first-order valence-electron chi connectivity index (χ1n) is 4.34. The first kappa shape index (κ1) is 5.29. The standard InChI is InChI=1S/C6H7BBrNO2/c1-4-2-6(8)9-3-5(4)7(10)11/h2-3,10-11H,1H3/i1D3. The van der Waals surface area contributed by atoms with Gasteiger partial charge in [-0.3, -0.25) is 0 Å². The van der Waals surface area contributed by atoms with Crippen molar-refractivity contribution in [3.05, 3.63) is 22.4 Å². The fourth-order valence-electron chi connectivity index (χ4n) is 0.646. The highest BCUT2D eigenvalue weighted by Gasteiger charge is 2.13. The third kappa shape index (κ3) is 2.02. The summed E-state index contributed by atoms with van der Waals surface area (Å²) in [5.41, 5.74) is -0.220. The molecular formula is C6H7BBrNO2. The van der Waals surface area contributed by atoms with Gasteiger partial charge in [-0.05, 0) is 34.4 Å². The second-order valence-corrected chi connectivity index (χ2v) is 2.78. The van der Waals surface area contributed by atoms with Gasteiger partial charge < -0.3 is 10.0 Å². The molecule has 0 aliphatic heterocycles. The molecule has 1 aromatic rings. The Morgan fingerprint density at radius 2 is 2.45 bits per heavy atom. The molecule has 0 aliphatic carbocycles. The average molecular weight is 219 g/mol. The summed E-state index contributed by atoms with van der Waals surface area (Å²) in [6, 6.07) is 1.25. The summed E-state index contributed by atoms with van der Waals surface area (Å²) < 4.78 is 21.8. The Morgan fingerprint density at radius 1 is 1.73 bits per heavy atom. The molecule has 0 atom stereocenters. The number of halogens is 1. The summed E-state index contributed by atoms with van der Waals surface area (Å²) in [6.07, 6.45) is 1.12. The van der Waals surface area contributed by atoms with E-state index in [0.717, 1.165) is 6.20 Å². The lowest BCUT2D eigenvalue weighted by atomic mass is 9.79. The molecule has 1 heterocycles. The summed E-state index contributed by atoms with van der Waals surface area (Å²) in [5, 5.41) is 17.8. The molecule has 1 aromatic heterocycles. The average Bonchev–Trinajstić information content (AvgIpc) is 2.01. The van der Waals surface area contributed by atoms with Crippen LogP contribution in [0.2, 0.25) is 0 Å². The Labute approximate surface area is 77.6 Å². The molecule has 0 bridgehead atoms. The van der Waals surface area contributed by atoms with E-state index in [-0.39, 0.29) is 11.0 Å². The van der Waals surface area contributed by atoms with Crippen LogP contribution in [0.1, 0.15) is 9.68 Å². The van der Waals surface area contributed by atoms with E-state index in [0.29, 0.717) is 4.60 Å². The third-order valence-corrected chi connectivity index (χ3v) is 1.61. The molecule has 0 unspecified atom stereocenters. The maximum Gasteiger partial charge on any atom is 0.490 e. The molecule has 58 valence electrons. The van der Waals surface area contributed by atoms with Gasteiger partial charge in [0.25, 0.3) is 0 Å². The summed E-state index contributed by atoms with van der Waals surface area (Å²) >= 11 is 3.01. The number of nitrogens with zero attached hydrogens (tertiary/aromatic N) is 1. The van der Waals surface area contributed by atoms with E-state index in [4.69, 9.17) is 14.2 Å². The van der Waals surface area contributed by atoms with Gasteiger partial charge in [-0.15, -0.1) is 0 Å². The van der Waals surface area contributed by atoms with Crippen molar-refractivity contribution in [1.29, 1.82) is 0 Å². The zero-order chi connectivity index (χ0) is 10.9. The van der Waals surface area contributed by atoms with E-state index < -0.39 is 14.0 Å². The minimum Gasteiger partial charge on any atom is -0.423 e. The highest BCUT2D eigenvalue weighted by molar-refractivity contribution is 9.10. The van der Waals surface area contributed by atoms with Crippen molar-refractivity contribution in [3.63, 3.8) is 0 Å². The highest BCUT2D eigenvalue weighted by Crippen LogP contribution is 2.05. The van der Waals surface area contributed by atoms with E-state index in [1.54, 1.807) is 0 Å². The molecule has 0 saturated heterocycles. The zero-order valence-corrected chi connectivity index (χ0v) is 7.04. The van der Waals surface area contributed by atoms with Crippen LogP contribution in [0.25, 0.3) is 0 Å². The molecule has 0 fully saturated rings. The van der Waals surface area contributed by atoms with Crippen LogP contribution < -0.4 is 5.46 Å². The Morgan fingerprint density at radius 3 is 3.00 bits per heavy atom. The number of pyridine rings is 1. The molecule has 5 heteroatoms. The summed E-state index contributed by atoms with van der Waals surface area (Å²) in [7, 11) is -1.83. The van der Waals surface area contributed by atoms with Gasteiger partial charge in [-0.2, -0.15) is 0 Å². The Kier molecular flexibility index (Phi) is 1.61. The minimum atomic E-state index is -2.38. The van der Waals surface area contributed by atoms with Crippen molar-refractivity contribution in [2.24, 2.45) is 0 Å². The lowest BCUT2D eigenvalue weighted by molar-refractivity contribution is 0.425. The van der Waals surface area contributed by atoms with Crippen LogP contribution in [-0.4, -0.2) is 22.2 Å². The van der Waals surface area contributed by atoms with E-state index in [9.17, 15) is 0 Å². The molecule has 11 heavy (non-hydrogen) atoms. The van der Waals surface area contributed by atoms with Crippen LogP contribution in [0.15, 0.2) is 16.9 Å². The van der Waals surface area contributed by atoms with Crippen LogP contribution in [0, 0.1) is 6.85 Å². The SMILES string of the molecule is [2H]C([2H])([2H])c1cc(Br)ncc1B(O)O. The monoisotopic (exact) mass is 218 g/mol. The third-order valence-electron chi connectivity index (χ3n) is 1.18. The number of hydrogen-bond donors (Lipinski definition) is 2. The van der Waals surface area contributed by atoms with Crippen molar-refractivity contribution in [2.45, 2.75) is 6.85 Å². The number of aromatic nitrogens is 1. The van der Waals surface area contributed by atoms with Crippen molar-refractivity contribution in [2.75, 3.05) is 0 Å². The van der Waals surface area contributed by atoms with Crippen LogP contribution in [-0.2, 0) is 0 Å². The molecule has 0 radical (unpaired) electrons. The van der Waals surface area contributed by atoms with Gasteiger partial charge in [0.2, 0.25) is 0 Å². The smallest absolute Gasteiger partial charge is 0.423 e. The summed E-state index contributed by atoms with van der Waals surface area (Å²) in [6.45, 7) is -2.38. The molecular weight excluding hydrogens is 209 g/mol. The summed E-state index contributed by atoms with van der Waals surface area (Å²) in [4.78, 5) is 3.72. The van der Waals surface area contributed by atoms with Crippen molar-refractivity contribution in [1.82, 2.24) is 4.98 Å². The normalized spacial score (nSPS) is 15.0. The van der Waals surface area contributed by atoms with Crippen molar-refractivity contribution in [3.8, 4) is 0 Å². The quantitative estimate of drug-likeness (QED) is 0.509. The van der Waals surface area contributed by atoms with E-state index in [1.807, 2.05) is 0 Å². The lowest BCUT2D eigenvalue weighted by Gasteiger charge is -2.02. The van der Waals surface area contributed by atoms with Gasteiger partial charge in [0.15, 0.2) is 0 Å². The fraction of sp³-hybridized carbons (Fsp3) is 0.167. The lowest BCUT2D eigenvalue weighted by Crippen LogP contribution is -2.32. The molecule has 0 aliphatic rings. The predicted octanol–water partition coefficient (Wildman–Crippen LogP) is -0.168. The first-order chi connectivity index (χ1) is 6.32. The Bertz CT molecular complexity index is 344. The molecule has 2 N–H and O–H groups in total. The fourth-order valence-corrected chi connectivity index (χ4v) is 0.978. The van der Waals surface area contributed by atoms with Crippen molar-refractivity contribution >= 4 is 28.5 Å². The number of aryl methyl sites for hydroxylation is 1. The van der Waals surface area contributed by atoms with Gasteiger partial charge in [0.05, 0.1) is 0 Å². The predicted molar refractivity (Wildman–Crippen MR) is 46.5 cm³/mol. The van der Waals surface area contributed by atoms with Crippen LogP contribution in [0.3, 0.4) is 0 Å².